The van der Waals surface area contributed by atoms with E-state index >= 15 is 0 Å². The molecule has 0 aliphatic rings. The predicted octanol–water partition coefficient (Wildman–Crippen LogP) is 1.52. The molecule has 0 aliphatic heterocycles. The van der Waals surface area contributed by atoms with Crippen LogP contribution < -0.4 is 11.2 Å². The van der Waals surface area contributed by atoms with Gasteiger partial charge in [-0.25, -0.2) is 0 Å². The maximum Gasteiger partial charge on any atom is 0.189 e. The average Bonchev–Trinajstić information content (AvgIpc) is 2.33. The summed E-state index contributed by atoms with van der Waals surface area (Å²) in [5, 5.41) is 0.756. The number of benzene rings is 1. The van der Waals surface area contributed by atoms with Crippen molar-refractivity contribution in [3.63, 3.8) is 0 Å². The van der Waals surface area contributed by atoms with Crippen molar-refractivity contribution < 1.29 is 0 Å². The van der Waals surface area contributed by atoms with Crippen molar-refractivity contribution in [2.24, 2.45) is 5.73 Å². The van der Waals surface area contributed by atoms with Crippen molar-refractivity contribution >= 4 is 10.9 Å². The topological polar surface area (TPSA) is 48.0 Å². The first-order valence-electron chi connectivity index (χ1n) is 5.26. The summed E-state index contributed by atoms with van der Waals surface area (Å²) in [5.41, 5.74) is 6.40. The Morgan fingerprint density at radius 1 is 1.19 bits per heavy atom. The summed E-state index contributed by atoms with van der Waals surface area (Å²) in [6, 6.07) is 9.21. The normalized spacial score (nSPS) is 11.3. The third-order valence-electron chi connectivity index (χ3n) is 2.49. The van der Waals surface area contributed by atoms with Crippen LogP contribution in [-0.2, 0) is 6.54 Å². The van der Waals surface area contributed by atoms with E-state index in [4.69, 9.17) is 5.73 Å². The van der Waals surface area contributed by atoms with Crippen LogP contribution in [0.25, 0.3) is 10.9 Å². The molecule has 82 valence electrons. The van der Waals surface area contributed by atoms with E-state index in [1.54, 1.807) is 6.07 Å². The lowest BCUT2D eigenvalue weighted by atomic mass is 10.2. The molecule has 0 saturated carbocycles. The SMILES string of the molecule is NCC=CCn1ccc(=O)c2ccccc21. The van der Waals surface area contributed by atoms with Gasteiger partial charge in [0, 0.05) is 30.7 Å². The summed E-state index contributed by atoms with van der Waals surface area (Å²) in [5.74, 6) is 0. The number of nitrogens with two attached hydrogens (primary N) is 1. The van der Waals surface area contributed by atoms with E-state index in [9.17, 15) is 4.79 Å². The van der Waals surface area contributed by atoms with Gasteiger partial charge in [-0.15, -0.1) is 0 Å². The molecule has 1 aromatic heterocycles. The average molecular weight is 214 g/mol. The lowest BCUT2D eigenvalue weighted by molar-refractivity contribution is 0.848. The van der Waals surface area contributed by atoms with Gasteiger partial charge in [0.05, 0.1) is 5.52 Å². The molecule has 0 radical (unpaired) electrons. The Bertz CT molecular complexity index is 569. The van der Waals surface area contributed by atoms with Crippen molar-refractivity contribution in [2.45, 2.75) is 6.54 Å². The fraction of sp³-hybridized carbons (Fsp3) is 0.154. The number of fused-ring (bicyclic) bond motifs is 1. The van der Waals surface area contributed by atoms with E-state index in [-0.39, 0.29) is 5.43 Å². The number of rotatable bonds is 3. The van der Waals surface area contributed by atoms with Crippen molar-refractivity contribution in [1.82, 2.24) is 4.57 Å². The summed E-state index contributed by atoms with van der Waals surface area (Å²) in [4.78, 5) is 11.6. The van der Waals surface area contributed by atoms with Crippen LogP contribution in [0.5, 0.6) is 0 Å². The minimum Gasteiger partial charge on any atom is -0.343 e. The molecule has 2 aromatic rings. The Morgan fingerprint density at radius 3 is 2.81 bits per heavy atom. The molecule has 0 amide bonds. The van der Waals surface area contributed by atoms with Crippen LogP contribution in [0.3, 0.4) is 0 Å². The van der Waals surface area contributed by atoms with Gasteiger partial charge in [-0.2, -0.15) is 0 Å². The lowest BCUT2D eigenvalue weighted by Crippen LogP contribution is -2.07. The molecule has 3 heteroatoms. The van der Waals surface area contributed by atoms with Gasteiger partial charge in [-0.3, -0.25) is 4.79 Å². The first-order chi connectivity index (χ1) is 7.83. The number of hydrogen-bond donors (Lipinski definition) is 1. The minimum absolute atomic E-state index is 0.0645. The maximum absolute atomic E-state index is 11.6. The van der Waals surface area contributed by atoms with Gasteiger partial charge in [0.2, 0.25) is 0 Å². The molecule has 0 saturated heterocycles. The second-order valence-electron chi connectivity index (χ2n) is 3.56. The number of aromatic nitrogens is 1. The highest BCUT2D eigenvalue weighted by Gasteiger charge is 1.99. The molecule has 2 N–H and O–H groups in total. The van der Waals surface area contributed by atoms with Crippen LogP contribution in [0.4, 0.5) is 0 Å². The monoisotopic (exact) mass is 214 g/mol. The van der Waals surface area contributed by atoms with Crippen LogP contribution in [0.1, 0.15) is 0 Å². The van der Waals surface area contributed by atoms with Crippen LogP contribution in [-0.4, -0.2) is 11.1 Å². The molecule has 0 atom stereocenters. The third kappa shape index (κ3) is 2.04. The number of para-hydroxylation sites is 1. The molecule has 0 aliphatic carbocycles. The molecule has 0 fully saturated rings. The van der Waals surface area contributed by atoms with Crippen molar-refractivity contribution in [3.05, 3.63) is 58.9 Å². The van der Waals surface area contributed by atoms with Gasteiger partial charge in [0.15, 0.2) is 5.43 Å². The second kappa shape index (κ2) is 4.77. The smallest absolute Gasteiger partial charge is 0.189 e. The molecule has 1 aromatic carbocycles. The first-order valence-corrected chi connectivity index (χ1v) is 5.26. The Balaban J connectivity index is 2.50. The molecule has 2 rings (SSSR count). The summed E-state index contributed by atoms with van der Waals surface area (Å²) in [6.07, 6.45) is 5.72. The highest BCUT2D eigenvalue weighted by Crippen LogP contribution is 2.09. The van der Waals surface area contributed by atoms with Crippen molar-refractivity contribution in [2.75, 3.05) is 6.54 Å². The number of nitrogens with zero attached hydrogens (tertiary/aromatic N) is 1. The Labute approximate surface area is 93.8 Å². The minimum atomic E-state index is 0.0645. The molecule has 3 nitrogen and oxygen atoms in total. The van der Waals surface area contributed by atoms with Gasteiger partial charge >= 0.3 is 0 Å². The molecule has 0 spiro atoms. The highest BCUT2D eigenvalue weighted by atomic mass is 16.1. The molecule has 0 bridgehead atoms. The number of allylic oxidation sites excluding steroid dienone is 1. The summed E-state index contributed by atoms with van der Waals surface area (Å²) in [7, 11) is 0. The van der Waals surface area contributed by atoms with Gasteiger partial charge in [-0.05, 0) is 12.1 Å². The Kier molecular flexibility index (Phi) is 3.17. The standard InChI is InChI=1S/C13H14N2O/c14-8-3-4-9-15-10-7-13(16)11-5-1-2-6-12(11)15/h1-7,10H,8-9,14H2. The van der Waals surface area contributed by atoms with Crippen LogP contribution in [0, 0.1) is 0 Å². The zero-order valence-electron chi connectivity index (χ0n) is 8.97. The van der Waals surface area contributed by atoms with E-state index in [1.165, 1.54) is 0 Å². The molecule has 16 heavy (non-hydrogen) atoms. The van der Waals surface area contributed by atoms with Crippen molar-refractivity contribution in [3.8, 4) is 0 Å². The van der Waals surface area contributed by atoms with Gasteiger partial charge < -0.3 is 10.3 Å². The van der Waals surface area contributed by atoms with E-state index in [0.29, 0.717) is 6.54 Å². The van der Waals surface area contributed by atoms with Crippen LogP contribution in [0.15, 0.2) is 53.5 Å². The Morgan fingerprint density at radius 2 is 2.00 bits per heavy atom. The number of pyridine rings is 1. The zero-order chi connectivity index (χ0) is 11.4. The largest absolute Gasteiger partial charge is 0.343 e. The Hall–Kier alpha value is -1.87. The maximum atomic E-state index is 11.6. The predicted molar refractivity (Wildman–Crippen MR) is 66.4 cm³/mol. The quantitative estimate of drug-likeness (QED) is 0.787. The number of hydrogen-bond acceptors (Lipinski definition) is 2. The van der Waals surface area contributed by atoms with Gasteiger partial charge in [-0.1, -0.05) is 24.3 Å². The molecular formula is C13H14N2O. The summed E-state index contributed by atoms with van der Waals surface area (Å²) in [6.45, 7) is 1.27. The second-order valence-corrected chi connectivity index (χ2v) is 3.56. The zero-order valence-corrected chi connectivity index (χ0v) is 8.97. The van der Waals surface area contributed by atoms with Crippen LogP contribution >= 0.6 is 0 Å². The fourth-order valence-electron chi connectivity index (χ4n) is 1.70. The highest BCUT2D eigenvalue weighted by molar-refractivity contribution is 5.78. The van der Waals surface area contributed by atoms with E-state index in [1.807, 2.05) is 47.2 Å². The summed E-state index contributed by atoms with van der Waals surface area (Å²) >= 11 is 0. The lowest BCUT2D eigenvalue weighted by Gasteiger charge is -2.07. The van der Waals surface area contributed by atoms with E-state index in [0.717, 1.165) is 17.4 Å². The van der Waals surface area contributed by atoms with Crippen molar-refractivity contribution in [1.29, 1.82) is 0 Å². The fourth-order valence-corrected chi connectivity index (χ4v) is 1.70. The van der Waals surface area contributed by atoms with E-state index in [2.05, 4.69) is 0 Å². The molecular weight excluding hydrogens is 200 g/mol. The van der Waals surface area contributed by atoms with Gasteiger partial charge in [0.25, 0.3) is 0 Å². The molecule has 1 heterocycles. The summed E-state index contributed by atoms with van der Waals surface area (Å²) < 4.78 is 2.03. The third-order valence-corrected chi connectivity index (χ3v) is 2.49. The molecule has 0 unspecified atom stereocenters. The van der Waals surface area contributed by atoms with E-state index < -0.39 is 0 Å². The first kappa shape index (κ1) is 10.6. The van der Waals surface area contributed by atoms with Gasteiger partial charge in [0.1, 0.15) is 0 Å². The van der Waals surface area contributed by atoms with Crippen LogP contribution in [0.2, 0.25) is 0 Å².